The molecule has 0 unspecified atom stereocenters. The Labute approximate surface area is 187 Å². The Hall–Kier alpha value is -2.54. The third-order valence-electron chi connectivity index (χ3n) is 4.31. The zero-order valence-electron chi connectivity index (χ0n) is 15.6. The van der Waals surface area contributed by atoms with Crippen LogP contribution >= 0.6 is 35.0 Å². The van der Waals surface area contributed by atoms with Gasteiger partial charge in [0.2, 0.25) is 5.89 Å². The van der Waals surface area contributed by atoms with E-state index >= 15 is 0 Å². The number of thioether (sulfide) groups is 1. The van der Waals surface area contributed by atoms with Gasteiger partial charge in [0.15, 0.2) is 0 Å². The monoisotopic (exact) mass is 459 g/mol. The lowest BCUT2D eigenvalue weighted by atomic mass is 10.1. The van der Waals surface area contributed by atoms with Crippen molar-refractivity contribution in [3.05, 3.63) is 99.6 Å². The first-order valence-electron chi connectivity index (χ1n) is 9.07. The summed E-state index contributed by atoms with van der Waals surface area (Å²) in [6, 6.07) is 19.5. The molecule has 0 spiro atoms. The van der Waals surface area contributed by atoms with E-state index in [0.717, 1.165) is 16.8 Å². The standard InChI is InChI=1S/C22H16Cl2FN3OS/c23-17-5-3-6-18(24)21(17)26-19-7-2-1-4-15(19)12-20-27-28-22(29-20)30-13-14-8-10-16(25)11-9-14/h1-11,26H,12-13H2. The lowest BCUT2D eigenvalue weighted by molar-refractivity contribution is 0.420. The first-order chi connectivity index (χ1) is 14.6. The minimum Gasteiger partial charge on any atom is -0.416 e. The normalized spacial score (nSPS) is 10.9. The number of para-hydroxylation sites is 2. The smallest absolute Gasteiger partial charge is 0.276 e. The number of anilines is 2. The maximum absolute atomic E-state index is 13.0. The van der Waals surface area contributed by atoms with Crippen molar-refractivity contribution >= 4 is 46.3 Å². The van der Waals surface area contributed by atoms with Gasteiger partial charge in [-0.25, -0.2) is 4.39 Å². The Morgan fingerprint density at radius 3 is 2.40 bits per heavy atom. The number of nitrogens with zero attached hydrogens (tertiary/aromatic N) is 2. The Morgan fingerprint density at radius 2 is 1.63 bits per heavy atom. The molecule has 0 aliphatic rings. The van der Waals surface area contributed by atoms with Crippen LogP contribution < -0.4 is 5.32 Å². The molecule has 4 nitrogen and oxygen atoms in total. The largest absolute Gasteiger partial charge is 0.416 e. The van der Waals surface area contributed by atoms with Crippen molar-refractivity contribution in [1.29, 1.82) is 0 Å². The molecule has 1 N–H and O–H groups in total. The highest BCUT2D eigenvalue weighted by molar-refractivity contribution is 7.98. The second-order valence-electron chi connectivity index (χ2n) is 6.43. The van der Waals surface area contributed by atoms with Crippen LogP contribution in [0.5, 0.6) is 0 Å². The summed E-state index contributed by atoms with van der Waals surface area (Å²) in [6.07, 6.45) is 0.454. The predicted molar refractivity (Wildman–Crippen MR) is 119 cm³/mol. The Kier molecular flexibility index (Phi) is 6.57. The van der Waals surface area contributed by atoms with Crippen molar-refractivity contribution in [2.24, 2.45) is 0 Å². The van der Waals surface area contributed by atoms with Gasteiger partial charge in [-0.2, -0.15) is 0 Å². The maximum atomic E-state index is 13.0. The number of hydrogen-bond acceptors (Lipinski definition) is 5. The van der Waals surface area contributed by atoms with Crippen LogP contribution in [0.25, 0.3) is 0 Å². The molecule has 0 saturated heterocycles. The van der Waals surface area contributed by atoms with E-state index in [1.165, 1.54) is 23.9 Å². The molecule has 0 fully saturated rings. The zero-order valence-corrected chi connectivity index (χ0v) is 17.9. The van der Waals surface area contributed by atoms with E-state index in [4.69, 9.17) is 27.6 Å². The summed E-state index contributed by atoms with van der Waals surface area (Å²) < 4.78 is 18.8. The van der Waals surface area contributed by atoms with Crippen molar-refractivity contribution in [2.75, 3.05) is 5.32 Å². The number of rotatable bonds is 7. The summed E-state index contributed by atoms with van der Waals surface area (Å²) in [6.45, 7) is 0. The van der Waals surface area contributed by atoms with Gasteiger partial charge in [-0.1, -0.05) is 71.4 Å². The van der Waals surface area contributed by atoms with E-state index in [0.29, 0.717) is 39.0 Å². The SMILES string of the molecule is Fc1ccc(CSc2nnc(Cc3ccccc3Nc3c(Cl)cccc3Cl)o2)cc1. The van der Waals surface area contributed by atoms with Gasteiger partial charge in [-0.15, -0.1) is 10.2 Å². The second-order valence-corrected chi connectivity index (χ2v) is 8.17. The van der Waals surface area contributed by atoms with Crippen molar-refractivity contribution < 1.29 is 8.81 Å². The molecule has 152 valence electrons. The van der Waals surface area contributed by atoms with E-state index in [2.05, 4.69) is 15.5 Å². The molecule has 0 aliphatic carbocycles. The van der Waals surface area contributed by atoms with Crippen LogP contribution in [0.2, 0.25) is 10.0 Å². The van der Waals surface area contributed by atoms with Crippen LogP contribution in [0, 0.1) is 5.82 Å². The lowest BCUT2D eigenvalue weighted by Crippen LogP contribution is -1.98. The van der Waals surface area contributed by atoms with Gasteiger partial charge in [-0.05, 0) is 41.5 Å². The molecule has 4 aromatic rings. The highest BCUT2D eigenvalue weighted by Crippen LogP contribution is 2.34. The first kappa shape index (κ1) is 20.7. The highest BCUT2D eigenvalue weighted by Gasteiger charge is 2.13. The fraction of sp³-hybridized carbons (Fsp3) is 0.0909. The van der Waals surface area contributed by atoms with E-state index in [1.54, 1.807) is 30.3 Å². The van der Waals surface area contributed by atoms with Crippen molar-refractivity contribution in [3.8, 4) is 0 Å². The van der Waals surface area contributed by atoms with Crippen molar-refractivity contribution in [1.82, 2.24) is 10.2 Å². The summed E-state index contributed by atoms with van der Waals surface area (Å²) >= 11 is 14.0. The van der Waals surface area contributed by atoms with Crippen LogP contribution in [0.4, 0.5) is 15.8 Å². The third-order valence-corrected chi connectivity index (χ3v) is 5.82. The van der Waals surface area contributed by atoms with Gasteiger partial charge in [0.05, 0.1) is 22.2 Å². The van der Waals surface area contributed by atoms with Gasteiger partial charge < -0.3 is 9.73 Å². The fourth-order valence-electron chi connectivity index (χ4n) is 2.80. The molecule has 0 bridgehead atoms. The molecule has 0 amide bonds. The number of hydrogen-bond donors (Lipinski definition) is 1. The molecule has 30 heavy (non-hydrogen) atoms. The Bertz CT molecular complexity index is 1130. The van der Waals surface area contributed by atoms with E-state index in [-0.39, 0.29) is 5.82 Å². The van der Waals surface area contributed by atoms with Gasteiger partial charge in [0, 0.05) is 11.4 Å². The number of halogens is 3. The van der Waals surface area contributed by atoms with Gasteiger partial charge >= 0.3 is 0 Å². The minimum atomic E-state index is -0.255. The molecule has 0 radical (unpaired) electrons. The first-order valence-corrected chi connectivity index (χ1v) is 10.8. The Balaban J connectivity index is 1.46. The van der Waals surface area contributed by atoms with Crippen LogP contribution in [-0.4, -0.2) is 10.2 Å². The number of nitrogens with one attached hydrogen (secondary N) is 1. The summed E-state index contributed by atoms with van der Waals surface area (Å²) in [5, 5.41) is 13.1. The molecule has 0 atom stereocenters. The van der Waals surface area contributed by atoms with Gasteiger partial charge in [-0.3, -0.25) is 0 Å². The molecule has 8 heteroatoms. The predicted octanol–water partition coefficient (Wildman–Crippen LogP) is 7.14. The van der Waals surface area contributed by atoms with E-state index < -0.39 is 0 Å². The number of benzene rings is 3. The van der Waals surface area contributed by atoms with Crippen LogP contribution in [-0.2, 0) is 12.2 Å². The average Bonchev–Trinajstić information content (AvgIpc) is 3.19. The number of aromatic nitrogens is 2. The van der Waals surface area contributed by atoms with Crippen LogP contribution in [0.15, 0.2) is 76.4 Å². The molecule has 4 rings (SSSR count). The zero-order chi connectivity index (χ0) is 20.9. The second kappa shape index (κ2) is 9.51. The Morgan fingerprint density at radius 1 is 0.900 bits per heavy atom. The lowest BCUT2D eigenvalue weighted by Gasteiger charge is -2.13. The molecular formula is C22H16Cl2FN3OS. The topological polar surface area (TPSA) is 51.0 Å². The molecule has 1 aromatic heterocycles. The fourth-order valence-corrected chi connectivity index (χ4v) is 4.03. The molecular weight excluding hydrogens is 444 g/mol. The molecule has 0 aliphatic heterocycles. The molecule has 1 heterocycles. The maximum Gasteiger partial charge on any atom is 0.276 e. The third kappa shape index (κ3) is 5.14. The highest BCUT2D eigenvalue weighted by atomic mass is 35.5. The summed E-state index contributed by atoms with van der Waals surface area (Å²) in [4.78, 5) is 0. The molecule has 3 aromatic carbocycles. The quantitative estimate of drug-likeness (QED) is 0.297. The molecule has 0 saturated carbocycles. The van der Waals surface area contributed by atoms with E-state index in [9.17, 15) is 4.39 Å². The summed E-state index contributed by atoms with van der Waals surface area (Å²) in [5.74, 6) is 0.857. The summed E-state index contributed by atoms with van der Waals surface area (Å²) in [7, 11) is 0. The van der Waals surface area contributed by atoms with E-state index in [1.807, 2.05) is 24.3 Å². The van der Waals surface area contributed by atoms with Gasteiger partial charge in [0.1, 0.15) is 5.82 Å². The van der Waals surface area contributed by atoms with Crippen molar-refractivity contribution in [3.63, 3.8) is 0 Å². The average molecular weight is 460 g/mol. The minimum absolute atomic E-state index is 0.255. The van der Waals surface area contributed by atoms with Crippen LogP contribution in [0.3, 0.4) is 0 Å². The van der Waals surface area contributed by atoms with Crippen LogP contribution in [0.1, 0.15) is 17.0 Å². The summed E-state index contributed by atoms with van der Waals surface area (Å²) in [5.41, 5.74) is 3.44. The van der Waals surface area contributed by atoms with Crippen molar-refractivity contribution in [2.45, 2.75) is 17.4 Å². The van der Waals surface area contributed by atoms with Gasteiger partial charge in [0.25, 0.3) is 5.22 Å².